The predicted octanol–water partition coefficient (Wildman–Crippen LogP) is 3.81. The van der Waals surface area contributed by atoms with E-state index in [2.05, 4.69) is 4.98 Å². The summed E-state index contributed by atoms with van der Waals surface area (Å²) in [5, 5.41) is 2.15. The molecule has 2 heterocycles. The van der Waals surface area contributed by atoms with Crippen molar-refractivity contribution in [3.8, 4) is 11.1 Å². The number of ether oxygens (including phenoxy) is 1. The van der Waals surface area contributed by atoms with Crippen molar-refractivity contribution in [1.82, 2.24) is 9.88 Å². The van der Waals surface area contributed by atoms with Crippen LogP contribution in [0.25, 0.3) is 21.9 Å². The average Bonchev–Trinajstić information content (AvgIpc) is 3.04. The standard InChI is InChI=1S/C22H20N2O3/c1-3-20(22(26)27-2)24-13-16-8-7-15(11-18(16)21(24)25)17-6-4-5-14-9-10-23-12-19(14)17/h4-12,20H,3,13H2,1-2H3. The maximum Gasteiger partial charge on any atom is 0.328 e. The van der Waals surface area contributed by atoms with E-state index in [1.165, 1.54) is 7.11 Å². The summed E-state index contributed by atoms with van der Waals surface area (Å²) in [6.07, 6.45) is 4.14. The molecule has 1 atom stereocenters. The van der Waals surface area contributed by atoms with Gasteiger partial charge in [0.15, 0.2) is 0 Å². The molecule has 0 saturated heterocycles. The van der Waals surface area contributed by atoms with Crippen molar-refractivity contribution in [2.45, 2.75) is 25.9 Å². The number of carbonyl (C=O) groups excluding carboxylic acids is 2. The van der Waals surface area contributed by atoms with Gasteiger partial charge in [0.1, 0.15) is 6.04 Å². The minimum absolute atomic E-state index is 0.123. The highest BCUT2D eigenvalue weighted by molar-refractivity contribution is 6.03. The van der Waals surface area contributed by atoms with Gasteiger partial charge in [0.25, 0.3) is 5.91 Å². The molecule has 136 valence electrons. The molecule has 0 bridgehead atoms. The van der Waals surface area contributed by atoms with Gasteiger partial charge in [-0.2, -0.15) is 0 Å². The number of benzene rings is 2. The first-order valence-electron chi connectivity index (χ1n) is 8.99. The van der Waals surface area contributed by atoms with E-state index in [0.717, 1.165) is 27.5 Å². The maximum atomic E-state index is 13.0. The van der Waals surface area contributed by atoms with Crippen LogP contribution in [0.5, 0.6) is 0 Å². The summed E-state index contributed by atoms with van der Waals surface area (Å²) in [5.41, 5.74) is 3.59. The van der Waals surface area contributed by atoms with Crippen molar-refractivity contribution < 1.29 is 14.3 Å². The number of esters is 1. The molecule has 0 radical (unpaired) electrons. The molecule has 0 aliphatic carbocycles. The van der Waals surface area contributed by atoms with Gasteiger partial charge in [-0.05, 0) is 40.6 Å². The second kappa shape index (κ2) is 6.83. The largest absolute Gasteiger partial charge is 0.467 e. The maximum absolute atomic E-state index is 13.0. The SMILES string of the molecule is CCC(C(=O)OC)N1Cc2ccc(-c3cccc4ccncc34)cc2C1=O. The Morgan fingerprint density at radius 3 is 2.85 bits per heavy atom. The lowest BCUT2D eigenvalue weighted by atomic mass is 9.97. The van der Waals surface area contributed by atoms with E-state index < -0.39 is 6.04 Å². The lowest BCUT2D eigenvalue weighted by Crippen LogP contribution is -2.41. The van der Waals surface area contributed by atoms with Crippen LogP contribution in [0.2, 0.25) is 0 Å². The molecule has 5 nitrogen and oxygen atoms in total. The summed E-state index contributed by atoms with van der Waals surface area (Å²) >= 11 is 0. The zero-order valence-corrected chi connectivity index (χ0v) is 15.3. The van der Waals surface area contributed by atoms with Crippen molar-refractivity contribution >= 4 is 22.6 Å². The van der Waals surface area contributed by atoms with Crippen LogP contribution in [0.15, 0.2) is 54.9 Å². The van der Waals surface area contributed by atoms with Gasteiger partial charge in [-0.15, -0.1) is 0 Å². The summed E-state index contributed by atoms with van der Waals surface area (Å²) in [7, 11) is 1.35. The fourth-order valence-electron chi connectivity index (χ4n) is 3.76. The van der Waals surface area contributed by atoms with Gasteiger partial charge in [0.05, 0.1) is 7.11 Å². The summed E-state index contributed by atoms with van der Waals surface area (Å²) in [6.45, 7) is 2.31. The minimum atomic E-state index is -0.555. The molecule has 0 fully saturated rings. The Bertz CT molecular complexity index is 1040. The zero-order chi connectivity index (χ0) is 19.0. The number of pyridine rings is 1. The Balaban J connectivity index is 1.75. The van der Waals surface area contributed by atoms with Crippen LogP contribution in [-0.2, 0) is 16.1 Å². The number of methoxy groups -OCH3 is 1. The molecular formula is C22H20N2O3. The monoisotopic (exact) mass is 360 g/mol. The number of carbonyl (C=O) groups is 2. The molecular weight excluding hydrogens is 340 g/mol. The third kappa shape index (κ3) is 2.85. The molecule has 0 spiro atoms. The third-order valence-corrected chi connectivity index (χ3v) is 5.17. The predicted molar refractivity (Wildman–Crippen MR) is 103 cm³/mol. The number of fused-ring (bicyclic) bond motifs is 2. The van der Waals surface area contributed by atoms with Gasteiger partial charge in [-0.3, -0.25) is 9.78 Å². The summed E-state index contributed by atoms with van der Waals surface area (Å²) in [6, 6.07) is 13.4. The van der Waals surface area contributed by atoms with Gasteiger partial charge in [0.2, 0.25) is 0 Å². The smallest absolute Gasteiger partial charge is 0.328 e. The summed E-state index contributed by atoms with van der Waals surface area (Å²) in [4.78, 5) is 30.8. The van der Waals surface area contributed by atoms with E-state index in [1.807, 2.05) is 55.6 Å². The van der Waals surface area contributed by atoms with E-state index in [1.54, 1.807) is 11.1 Å². The Morgan fingerprint density at radius 1 is 1.22 bits per heavy atom. The van der Waals surface area contributed by atoms with Gasteiger partial charge in [0, 0.05) is 29.9 Å². The van der Waals surface area contributed by atoms with Crippen molar-refractivity contribution in [2.24, 2.45) is 0 Å². The molecule has 4 rings (SSSR count). The third-order valence-electron chi connectivity index (χ3n) is 5.17. The lowest BCUT2D eigenvalue weighted by molar-refractivity contribution is -0.146. The highest BCUT2D eigenvalue weighted by atomic mass is 16.5. The Labute approximate surface area is 157 Å². The number of amides is 1. The summed E-state index contributed by atoms with van der Waals surface area (Å²) in [5.74, 6) is -0.499. The first-order chi connectivity index (χ1) is 13.1. The Morgan fingerprint density at radius 2 is 2.07 bits per heavy atom. The number of hydrogen-bond donors (Lipinski definition) is 0. The second-order valence-corrected chi connectivity index (χ2v) is 6.65. The van der Waals surface area contributed by atoms with Crippen LogP contribution in [-0.4, -0.2) is 34.9 Å². The molecule has 0 N–H and O–H groups in total. The molecule has 5 heteroatoms. The highest BCUT2D eigenvalue weighted by Crippen LogP contribution is 2.33. The molecule has 2 aromatic carbocycles. The van der Waals surface area contributed by atoms with Crippen LogP contribution in [0.1, 0.15) is 29.3 Å². The van der Waals surface area contributed by atoms with Crippen molar-refractivity contribution in [3.05, 3.63) is 66.0 Å². The van der Waals surface area contributed by atoms with E-state index in [-0.39, 0.29) is 11.9 Å². The number of nitrogens with zero attached hydrogens (tertiary/aromatic N) is 2. The number of aromatic nitrogens is 1. The molecule has 1 unspecified atom stereocenters. The molecule has 1 aliphatic heterocycles. The van der Waals surface area contributed by atoms with Gasteiger partial charge < -0.3 is 9.64 Å². The summed E-state index contributed by atoms with van der Waals surface area (Å²) < 4.78 is 4.86. The fourth-order valence-corrected chi connectivity index (χ4v) is 3.76. The van der Waals surface area contributed by atoms with Crippen LogP contribution in [0, 0.1) is 0 Å². The van der Waals surface area contributed by atoms with Crippen molar-refractivity contribution in [2.75, 3.05) is 7.11 Å². The first kappa shape index (κ1) is 17.2. The first-order valence-corrected chi connectivity index (χ1v) is 8.99. The molecule has 1 aromatic heterocycles. The van der Waals surface area contributed by atoms with Gasteiger partial charge >= 0.3 is 5.97 Å². The van der Waals surface area contributed by atoms with E-state index >= 15 is 0 Å². The highest BCUT2D eigenvalue weighted by Gasteiger charge is 2.36. The lowest BCUT2D eigenvalue weighted by Gasteiger charge is -2.24. The second-order valence-electron chi connectivity index (χ2n) is 6.65. The van der Waals surface area contributed by atoms with Crippen LogP contribution in [0.3, 0.4) is 0 Å². The van der Waals surface area contributed by atoms with Crippen LogP contribution >= 0.6 is 0 Å². The van der Waals surface area contributed by atoms with Crippen LogP contribution < -0.4 is 0 Å². The zero-order valence-electron chi connectivity index (χ0n) is 15.3. The topological polar surface area (TPSA) is 59.5 Å². The molecule has 3 aromatic rings. The fraction of sp³-hybridized carbons (Fsp3) is 0.227. The Kier molecular flexibility index (Phi) is 4.36. The molecule has 0 saturated carbocycles. The molecule has 27 heavy (non-hydrogen) atoms. The van der Waals surface area contributed by atoms with Gasteiger partial charge in [-0.1, -0.05) is 37.3 Å². The normalized spacial score (nSPS) is 14.3. The van der Waals surface area contributed by atoms with Crippen LogP contribution in [0.4, 0.5) is 0 Å². The average molecular weight is 360 g/mol. The minimum Gasteiger partial charge on any atom is -0.467 e. The molecule has 1 aliphatic rings. The van der Waals surface area contributed by atoms with E-state index in [0.29, 0.717) is 18.5 Å². The molecule has 1 amide bonds. The Hall–Kier alpha value is -3.21. The van der Waals surface area contributed by atoms with Gasteiger partial charge in [-0.25, -0.2) is 4.79 Å². The number of hydrogen-bond acceptors (Lipinski definition) is 4. The number of rotatable bonds is 4. The van der Waals surface area contributed by atoms with E-state index in [4.69, 9.17) is 4.74 Å². The quantitative estimate of drug-likeness (QED) is 0.664. The van der Waals surface area contributed by atoms with Crippen molar-refractivity contribution in [1.29, 1.82) is 0 Å². The van der Waals surface area contributed by atoms with E-state index in [9.17, 15) is 9.59 Å². The van der Waals surface area contributed by atoms with Crippen molar-refractivity contribution in [3.63, 3.8) is 0 Å².